The van der Waals surface area contributed by atoms with Gasteiger partial charge in [0.15, 0.2) is 0 Å². The van der Waals surface area contributed by atoms with Gasteiger partial charge in [0, 0.05) is 23.1 Å². The highest BCUT2D eigenvalue weighted by Crippen LogP contribution is 2.33. The van der Waals surface area contributed by atoms with Crippen molar-refractivity contribution in [2.45, 2.75) is 50.6 Å². The van der Waals surface area contributed by atoms with Gasteiger partial charge in [-0.2, -0.15) is 0 Å². The van der Waals surface area contributed by atoms with Crippen molar-refractivity contribution in [2.75, 3.05) is 17.4 Å². The van der Waals surface area contributed by atoms with Crippen LogP contribution in [0.1, 0.15) is 38.7 Å². The fraction of sp³-hybridized carbons (Fsp3) is 0.310. The molecule has 40 heavy (non-hydrogen) atoms. The summed E-state index contributed by atoms with van der Waals surface area (Å²) >= 11 is 18.9. The van der Waals surface area contributed by atoms with Crippen LogP contribution < -0.4 is 9.62 Å². The first-order chi connectivity index (χ1) is 19.1. The molecule has 3 aromatic carbocycles. The molecular weight excluding hydrogens is 593 g/mol. The summed E-state index contributed by atoms with van der Waals surface area (Å²) in [5.41, 5.74) is 0.709. The van der Waals surface area contributed by atoms with Gasteiger partial charge in [-0.1, -0.05) is 91.5 Å². The van der Waals surface area contributed by atoms with E-state index in [1.165, 1.54) is 35.2 Å². The molecular formula is C29H32Cl3N3O4S. The van der Waals surface area contributed by atoms with Gasteiger partial charge < -0.3 is 10.2 Å². The monoisotopic (exact) mass is 623 g/mol. The van der Waals surface area contributed by atoms with Crippen LogP contribution >= 0.6 is 34.8 Å². The quantitative estimate of drug-likeness (QED) is 0.218. The Morgan fingerprint density at radius 3 is 2.20 bits per heavy atom. The molecule has 0 aromatic heterocycles. The molecule has 0 radical (unpaired) electrons. The zero-order valence-electron chi connectivity index (χ0n) is 22.3. The van der Waals surface area contributed by atoms with Crippen LogP contribution in [-0.2, 0) is 26.2 Å². The number of amides is 2. The Labute approximate surface area is 251 Å². The van der Waals surface area contributed by atoms with Crippen LogP contribution in [0.15, 0.2) is 77.7 Å². The summed E-state index contributed by atoms with van der Waals surface area (Å²) in [6.07, 6.45) is 1.99. The summed E-state index contributed by atoms with van der Waals surface area (Å²) in [4.78, 5) is 28.6. The van der Waals surface area contributed by atoms with Crippen molar-refractivity contribution in [3.05, 3.63) is 93.4 Å². The highest BCUT2D eigenvalue weighted by atomic mass is 35.5. The minimum Gasteiger partial charge on any atom is -0.354 e. The highest BCUT2D eigenvalue weighted by molar-refractivity contribution is 7.92. The molecule has 2 amide bonds. The fourth-order valence-electron chi connectivity index (χ4n) is 4.15. The molecule has 0 aliphatic heterocycles. The fourth-order valence-corrected chi connectivity index (χ4v) is 6.36. The molecule has 7 nitrogen and oxygen atoms in total. The van der Waals surface area contributed by atoms with Crippen LogP contribution in [0.2, 0.25) is 15.1 Å². The second kappa shape index (κ2) is 14.7. The number of halogens is 3. The van der Waals surface area contributed by atoms with Crippen LogP contribution in [-0.4, -0.2) is 44.3 Å². The van der Waals surface area contributed by atoms with E-state index in [0.29, 0.717) is 28.6 Å². The smallest absolute Gasteiger partial charge is 0.264 e. The zero-order chi connectivity index (χ0) is 29.3. The second-order valence-corrected chi connectivity index (χ2v) is 12.2. The van der Waals surface area contributed by atoms with Crippen molar-refractivity contribution in [3.8, 4) is 0 Å². The number of anilines is 1. The molecule has 0 saturated carbocycles. The summed E-state index contributed by atoms with van der Waals surface area (Å²) in [7, 11) is -4.24. The van der Waals surface area contributed by atoms with E-state index in [9.17, 15) is 18.0 Å². The maximum Gasteiger partial charge on any atom is 0.264 e. The van der Waals surface area contributed by atoms with Gasteiger partial charge in [-0.25, -0.2) is 8.42 Å². The lowest BCUT2D eigenvalue weighted by Gasteiger charge is -2.33. The Hall–Kier alpha value is -2.78. The predicted molar refractivity (Wildman–Crippen MR) is 161 cm³/mol. The molecule has 3 rings (SSSR count). The number of rotatable bonds is 13. The number of hydrogen-bond donors (Lipinski definition) is 1. The molecule has 0 saturated heterocycles. The van der Waals surface area contributed by atoms with Gasteiger partial charge in [-0.05, 0) is 54.8 Å². The van der Waals surface area contributed by atoms with Crippen LogP contribution in [0.5, 0.6) is 0 Å². The van der Waals surface area contributed by atoms with E-state index in [1.54, 1.807) is 49.4 Å². The highest BCUT2D eigenvalue weighted by Gasteiger charge is 2.34. The number of unbranched alkanes of at least 4 members (excludes halogenated alkanes) is 1. The molecule has 3 aromatic rings. The van der Waals surface area contributed by atoms with E-state index in [1.807, 2.05) is 6.92 Å². The molecule has 11 heteroatoms. The van der Waals surface area contributed by atoms with Crippen molar-refractivity contribution in [1.29, 1.82) is 0 Å². The van der Waals surface area contributed by atoms with E-state index in [0.717, 1.165) is 17.1 Å². The molecule has 214 valence electrons. The lowest BCUT2D eigenvalue weighted by molar-refractivity contribution is -0.140. The number of benzene rings is 3. The molecule has 1 N–H and O–H groups in total. The summed E-state index contributed by atoms with van der Waals surface area (Å²) < 4.78 is 28.7. The van der Waals surface area contributed by atoms with Crippen LogP contribution in [0.4, 0.5) is 5.69 Å². The Kier molecular flexibility index (Phi) is 11.7. The summed E-state index contributed by atoms with van der Waals surface area (Å²) in [6, 6.07) is 18.3. The van der Waals surface area contributed by atoms with E-state index in [2.05, 4.69) is 5.32 Å². The molecule has 0 bridgehead atoms. The third-order valence-electron chi connectivity index (χ3n) is 6.30. The van der Waals surface area contributed by atoms with Gasteiger partial charge in [0.2, 0.25) is 11.8 Å². The standard InChI is InChI=1S/C29H32Cl3N3O4S/c1-3-5-17-33-29(37)26(4-2)34(19-21-11-9-10-14-24(21)31)28(36)20-35(27-16-15-22(30)18-25(27)32)40(38,39)23-12-7-6-8-13-23/h6-16,18,26H,3-5,17,19-20H2,1-2H3,(H,33,37)/t26-/m1/s1. The Balaban J connectivity index is 2.07. The van der Waals surface area contributed by atoms with E-state index in [4.69, 9.17) is 34.8 Å². The maximum atomic E-state index is 14.1. The van der Waals surface area contributed by atoms with Gasteiger partial charge in [0.05, 0.1) is 15.6 Å². The second-order valence-electron chi connectivity index (χ2n) is 9.10. The van der Waals surface area contributed by atoms with Crippen LogP contribution in [0.25, 0.3) is 0 Å². The van der Waals surface area contributed by atoms with Crippen LogP contribution in [0.3, 0.4) is 0 Å². The van der Waals surface area contributed by atoms with E-state index < -0.39 is 28.5 Å². The molecule has 0 fully saturated rings. The Morgan fingerprint density at radius 2 is 1.57 bits per heavy atom. The van der Waals surface area contributed by atoms with Crippen molar-refractivity contribution in [1.82, 2.24) is 10.2 Å². The average molecular weight is 625 g/mol. The van der Waals surface area contributed by atoms with E-state index in [-0.39, 0.29) is 28.1 Å². The van der Waals surface area contributed by atoms with Crippen molar-refractivity contribution in [2.24, 2.45) is 0 Å². The SMILES string of the molecule is CCCCNC(=O)[C@@H](CC)N(Cc1ccccc1Cl)C(=O)CN(c1ccc(Cl)cc1Cl)S(=O)(=O)c1ccccc1. The first-order valence-corrected chi connectivity index (χ1v) is 15.5. The third-order valence-corrected chi connectivity index (χ3v) is 8.98. The molecule has 0 aliphatic rings. The Morgan fingerprint density at radius 1 is 0.900 bits per heavy atom. The normalized spacial score (nSPS) is 12.0. The van der Waals surface area contributed by atoms with Crippen molar-refractivity contribution >= 4 is 62.3 Å². The minimum absolute atomic E-state index is 0.00574. The first-order valence-electron chi connectivity index (χ1n) is 12.9. The summed E-state index contributed by atoms with van der Waals surface area (Å²) in [5.74, 6) is -0.915. The summed E-state index contributed by atoms with van der Waals surface area (Å²) in [5, 5.41) is 3.69. The maximum absolute atomic E-state index is 14.1. The predicted octanol–water partition coefficient (Wildman–Crippen LogP) is 6.57. The van der Waals surface area contributed by atoms with Gasteiger partial charge in [0.25, 0.3) is 10.0 Å². The molecule has 0 heterocycles. The largest absolute Gasteiger partial charge is 0.354 e. The lowest BCUT2D eigenvalue weighted by atomic mass is 10.1. The van der Waals surface area contributed by atoms with Crippen molar-refractivity contribution < 1.29 is 18.0 Å². The minimum atomic E-state index is -4.24. The van der Waals surface area contributed by atoms with Gasteiger partial charge in [0.1, 0.15) is 12.6 Å². The molecule has 1 atom stereocenters. The number of hydrogen-bond acceptors (Lipinski definition) is 4. The van der Waals surface area contributed by atoms with E-state index >= 15 is 0 Å². The topological polar surface area (TPSA) is 86.8 Å². The number of carbonyl (C=O) groups excluding carboxylic acids is 2. The zero-order valence-corrected chi connectivity index (χ0v) is 25.4. The Bertz CT molecular complexity index is 1420. The van der Waals surface area contributed by atoms with Crippen LogP contribution in [0, 0.1) is 0 Å². The van der Waals surface area contributed by atoms with Gasteiger partial charge in [-0.3, -0.25) is 13.9 Å². The lowest BCUT2D eigenvalue weighted by Crippen LogP contribution is -2.52. The first kappa shape index (κ1) is 31.7. The average Bonchev–Trinajstić information content (AvgIpc) is 2.93. The molecule has 0 spiro atoms. The molecule has 0 unspecified atom stereocenters. The molecule has 0 aliphatic carbocycles. The number of carbonyl (C=O) groups is 2. The number of nitrogens with zero attached hydrogens (tertiary/aromatic N) is 2. The van der Waals surface area contributed by atoms with Gasteiger partial charge in [-0.15, -0.1) is 0 Å². The number of sulfonamides is 1. The third kappa shape index (κ3) is 7.91. The van der Waals surface area contributed by atoms with Crippen molar-refractivity contribution in [3.63, 3.8) is 0 Å². The summed E-state index contributed by atoms with van der Waals surface area (Å²) in [6.45, 7) is 3.67. The number of nitrogens with one attached hydrogen (secondary N) is 1. The van der Waals surface area contributed by atoms with Gasteiger partial charge >= 0.3 is 0 Å².